The van der Waals surface area contributed by atoms with Gasteiger partial charge in [-0.15, -0.1) is 11.3 Å². The molecule has 0 bridgehead atoms. The lowest BCUT2D eigenvalue weighted by molar-refractivity contribution is -0.116. The molecule has 4 rings (SSSR count). The fourth-order valence-electron chi connectivity index (χ4n) is 3.20. The van der Waals surface area contributed by atoms with E-state index in [9.17, 15) is 18.8 Å². The molecule has 0 atom stereocenters. The lowest BCUT2D eigenvalue weighted by atomic mass is 10.3. The van der Waals surface area contributed by atoms with Gasteiger partial charge < -0.3 is 10.1 Å². The zero-order valence-electron chi connectivity index (χ0n) is 16.5. The van der Waals surface area contributed by atoms with Crippen molar-refractivity contribution in [2.24, 2.45) is 0 Å². The van der Waals surface area contributed by atoms with Gasteiger partial charge in [0.15, 0.2) is 0 Å². The molecule has 9 heteroatoms. The summed E-state index contributed by atoms with van der Waals surface area (Å²) in [7, 11) is 0. The van der Waals surface area contributed by atoms with E-state index in [1.807, 2.05) is 6.92 Å². The number of hydrogen-bond acceptors (Lipinski definition) is 5. The number of benzene rings is 2. The number of ether oxygens (including phenoxy) is 1. The Labute approximate surface area is 180 Å². The van der Waals surface area contributed by atoms with Crippen LogP contribution in [0, 0.1) is 5.82 Å². The minimum Gasteiger partial charge on any atom is -0.494 e. The quantitative estimate of drug-likeness (QED) is 0.499. The third kappa shape index (κ3) is 4.13. The van der Waals surface area contributed by atoms with Crippen molar-refractivity contribution >= 4 is 33.1 Å². The Morgan fingerprint density at radius 1 is 1.06 bits per heavy atom. The van der Waals surface area contributed by atoms with Crippen LogP contribution in [-0.4, -0.2) is 21.6 Å². The summed E-state index contributed by atoms with van der Waals surface area (Å²) in [4.78, 5) is 38.6. The summed E-state index contributed by atoms with van der Waals surface area (Å²) in [5.74, 6) is -0.227. The summed E-state index contributed by atoms with van der Waals surface area (Å²) in [6, 6.07) is 13.5. The van der Waals surface area contributed by atoms with E-state index in [2.05, 4.69) is 5.32 Å². The van der Waals surface area contributed by atoms with E-state index < -0.39 is 23.0 Å². The van der Waals surface area contributed by atoms with Crippen molar-refractivity contribution in [1.82, 2.24) is 9.13 Å². The molecule has 0 saturated heterocycles. The standard InChI is InChI=1S/C22H18FN3O4S/c1-2-30-17-9-5-15(6-10-17)24-19(27)13-25-18-11-12-31-20(18)21(28)26(22(25)29)16-7-3-14(23)4-8-16/h3-12H,2,13H2,1H3,(H,24,27). The minimum absolute atomic E-state index is 0.229. The summed E-state index contributed by atoms with van der Waals surface area (Å²) < 4.78 is 21.2. The van der Waals surface area contributed by atoms with E-state index >= 15 is 0 Å². The van der Waals surface area contributed by atoms with Crippen molar-refractivity contribution in [1.29, 1.82) is 0 Å². The number of carbonyl (C=O) groups excluding carboxylic acids is 1. The largest absolute Gasteiger partial charge is 0.494 e. The van der Waals surface area contributed by atoms with Gasteiger partial charge in [-0.05, 0) is 66.9 Å². The van der Waals surface area contributed by atoms with Crippen molar-refractivity contribution < 1.29 is 13.9 Å². The molecule has 158 valence electrons. The highest BCUT2D eigenvalue weighted by atomic mass is 32.1. The van der Waals surface area contributed by atoms with Crippen molar-refractivity contribution in [3.63, 3.8) is 0 Å². The predicted molar refractivity (Wildman–Crippen MR) is 118 cm³/mol. The summed E-state index contributed by atoms with van der Waals surface area (Å²) in [6.07, 6.45) is 0. The number of hydrogen-bond donors (Lipinski definition) is 1. The van der Waals surface area contributed by atoms with Gasteiger partial charge in [0.1, 0.15) is 22.8 Å². The van der Waals surface area contributed by atoms with Crippen LogP contribution < -0.4 is 21.3 Å². The molecule has 0 fully saturated rings. The Hall–Kier alpha value is -3.72. The van der Waals surface area contributed by atoms with Gasteiger partial charge in [-0.25, -0.2) is 13.8 Å². The molecule has 0 aliphatic rings. The minimum atomic E-state index is -0.677. The topological polar surface area (TPSA) is 82.3 Å². The number of halogens is 1. The lowest BCUT2D eigenvalue weighted by Crippen LogP contribution is -2.40. The molecule has 0 saturated carbocycles. The van der Waals surface area contributed by atoms with Crippen LogP contribution >= 0.6 is 11.3 Å². The van der Waals surface area contributed by atoms with Gasteiger partial charge in [0.25, 0.3) is 5.56 Å². The molecule has 0 unspecified atom stereocenters. The van der Waals surface area contributed by atoms with Crippen LogP contribution in [0.2, 0.25) is 0 Å². The van der Waals surface area contributed by atoms with Crippen LogP contribution in [-0.2, 0) is 11.3 Å². The van der Waals surface area contributed by atoms with Crippen LogP contribution in [0.4, 0.5) is 10.1 Å². The molecular weight excluding hydrogens is 421 g/mol. The monoisotopic (exact) mass is 439 g/mol. The highest BCUT2D eigenvalue weighted by Crippen LogP contribution is 2.18. The van der Waals surface area contributed by atoms with Crippen LogP contribution in [0.15, 0.2) is 69.6 Å². The van der Waals surface area contributed by atoms with Crippen LogP contribution in [0.25, 0.3) is 15.9 Å². The number of anilines is 1. The van der Waals surface area contributed by atoms with E-state index in [-0.39, 0.29) is 12.2 Å². The second-order valence-electron chi connectivity index (χ2n) is 6.63. The third-order valence-corrected chi connectivity index (χ3v) is 5.48. The maximum Gasteiger partial charge on any atom is 0.336 e. The first-order valence-electron chi connectivity index (χ1n) is 9.49. The smallest absolute Gasteiger partial charge is 0.336 e. The highest BCUT2D eigenvalue weighted by Gasteiger charge is 2.17. The Kier molecular flexibility index (Phi) is 5.68. The second kappa shape index (κ2) is 8.57. The normalized spacial score (nSPS) is 10.9. The van der Waals surface area contributed by atoms with Crippen molar-refractivity contribution in [3.8, 4) is 11.4 Å². The van der Waals surface area contributed by atoms with Crippen LogP contribution in [0.5, 0.6) is 5.75 Å². The maximum atomic E-state index is 13.3. The molecule has 4 aromatic rings. The molecule has 31 heavy (non-hydrogen) atoms. The Morgan fingerprint density at radius 3 is 2.45 bits per heavy atom. The molecule has 0 aliphatic heterocycles. The van der Waals surface area contributed by atoms with E-state index in [1.54, 1.807) is 35.7 Å². The molecular formula is C22H18FN3O4S. The molecule has 1 amide bonds. The van der Waals surface area contributed by atoms with E-state index in [4.69, 9.17) is 4.74 Å². The average molecular weight is 439 g/mol. The first-order chi connectivity index (χ1) is 15.0. The molecule has 0 spiro atoms. The summed E-state index contributed by atoms with van der Waals surface area (Å²) >= 11 is 1.17. The average Bonchev–Trinajstić information content (AvgIpc) is 3.24. The number of nitrogens with one attached hydrogen (secondary N) is 1. The molecule has 2 aromatic heterocycles. The molecule has 1 N–H and O–H groups in total. The van der Waals surface area contributed by atoms with Crippen LogP contribution in [0.1, 0.15) is 6.92 Å². The number of rotatable bonds is 6. The number of nitrogens with zero attached hydrogens (tertiary/aromatic N) is 2. The number of fused-ring (bicyclic) bond motifs is 1. The second-order valence-corrected chi connectivity index (χ2v) is 7.54. The van der Waals surface area contributed by atoms with Crippen molar-refractivity contribution in [2.75, 3.05) is 11.9 Å². The predicted octanol–water partition coefficient (Wildman–Crippen LogP) is 3.39. The fraction of sp³-hybridized carbons (Fsp3) is 0.136. The van der Waals surface area contributed by atoms with Crippen LogP contribution in [0.3, 0.4) is 0 Å². The summed E-state index contributed by atoms with van der Waals surface area (Å²) in [6.45, 7) is 2.12. The lowest BCUT2D eigenvalue weighted by Gasteiger charge is -2.13. The van der Waals surface area contributed by atoms with Crippen molar-refractivity contribution in [3.05, 3.63) is 86.6 Å². The van der Waals surface area contributed by atoms with Gasteiger partial charge in [0.2, 0.25) is 5.91 Å². The van der Waals surface area contributed by atoms with Gasteiger partial charge >= 0.3 is 5.69 Å². The molecule has 2 aromatic carbocycles. The SMILES string of the molecule is CCOc1ccc(NC(=O)Cn2c(=O)n(-c3ccc(F)cc3)c(=O)c3sccc32)cc1. The number of aromatic nitrogens is 2. The molecule has 2 heterocycles. The highest BCUT2D eigenvalue weighted by molar-refractivity contribution is 7.17. The Morgan fingerprint density at radius 2 is 1.77 bits per heavy atom. The zero-order chi connectivity index (χ0) is 22.0. The van der Waals surface area contributed by atoms with E-state index in [0.29, 0.717) is 28.3 Å². The summed E-state index contributed by atoms with van der Waals surface area (Å²) in [5.41, 5.74) is -0.0309. The zero-order valence-corrected chi connectivity index (χ0v) is 17.3. The fourth-order valence-corrected chi connectivity index (χ4v) is 4.03. The Balaban J connectivity index is 1.69. The van der Waals surface area contributed by atoms with E-state index in [0.717, 1.165) is 4.57 Å². The van der Waals surface area contributed by atoms with Gasteiger partial charge in [-0.1, -0.05) is 0 Å². The number of amides is 1. The maximum absolute atomic E-state index is 13.3. The Bertz CT molecular complexity index is 1360. The first-order valence-corrected chi connectivity index (χ1v) is 10.4. The summed E-state index contributed by atoms with van der Waals surface area (Å²) in [5, 5.41) is 4.42. The molecule has 0 radical (unpaired) electrons. The van der Waals surface area contributed by atoms with E-state index in [1.165, 1.54) is 40.2 Å². The molecule has 0 aliphatic carbocycles. The van der Waals surface area contributed by atoms with Gasteiger partial charge in [0, 0.05) is 5.69 Å². The van der Waals surface area contributed by atoms with Gasteiger partial charge in [-0.3, -0.25) is 14.2 Å². The van der Waals surface area contributed by atoms with Crippen molar-refractivity contribution in [2.45, 2.75) is 13.5 Å². The van der Waals surface area contributed by atoms with Gasteiger partial charge in [0.05, 0.1) is 17.8 Å². The first kappa shape index (κ1) is 20.5. The third-order valence-electron chi connectivity index (χ3n) is 4.59. The molecule has 7 nitrogen and oxygen atoms in total. The number of thiophene rings is 1. The number of carbonyl (C=O) groups is 1. The van der Waals surface area contributed by atoms with Gasteiger partial charge in [-0.2, -0.15) is 0 Å².